The van der Waals surface area contributed by atoms with Gasteiger partial charge in [0.15, 0.2) is 0 Å². The zero-order valence-corrected chi connectivity index (χ0v) is 12.7. The fraction of sp³-hybridized carbons (Fsp3) is 0.0588. The molecule has 5 heteroatoms. The molecule has 1 amide bonds. The van der Waals surface area contributed by atoms with E-state index in [9.17, 15) is 4.79 Å². The minimum atomic E-state index is -0.260. The third-order valence-electron chi connectivity index (χ3n) is 3.42. The van der Waals surface area contributed by atoms with Crippen molar-refractivity contribution in [2.75, 3.05) is 0 Å². The summed E-state index contributed by atoms with van der Waals surface area (Å²) in [5.74, 6) is -0.260. The van der Waals surface area contributed by atoms with Crippen LogP contribution < -0.4 is 5.43 Å². The maximum absolute atomic E-state index is 12.3. The molecule has 2 N–H and O–H groups in total. The molecule has 3 aromatic rings. The van der Waals surface area contributed by atoms with Gasteiger partial charge in [0.25, 0.3) is 5.91 Å². The maximum atomic E-state index is 12.3. The number of nitrogens with one attached hydrogen (secondary N) is 2. The first kappa shape index (κ1) is 14.4. The summed E-state index contributed by atoms with van der Waals surface area (Å²) < 4.78 is 0. The molecule has 0 aliphatic rings. The Morgan fingerprint density at radius 3 is 2.64 bits per heavy atom. The number of amides is 1. The van der Waals surface area contributed by atoms with Crippen molar-refractivity contribution in [1.82, 2.24) is 10.4 Å². The number of nitrogens with zero attached hydrogens (tertiary/aromatic N) is 1. The summed E-state index contributed by atoms with van der Waals surface area (Å²) in [6.45, 7) is 1.80. The predicted octanol–water partition coefficient (Wildman–Crippen LogP) is 3.98. The number of carbonyl (C=O) groups is 1. The minimum Gasteiger partial charge on any atom is -0.360 e. The molecule has 22 heavy (non-hydrogen) atoms. The number of H-pyrrole nitrogens is 1. The van der Waals surface area contributed by atoms with Gasteiger partial charge in [0, 0.05) is 27.7 Å². The Kier molecular flexibility index (Phi) is 3.94. The van der Waals surface area contributed by atoms with Gasteiger partial charge in [-0.2, -0.15) is 5.10 Å². The highest BCUT2D eigenvalue weighted by Gasteiger charge is 2.11. The average molecular weight is 312 g/mol. The van der Waals surface area contributed by atoms with E-state index in [0.29, 0.717) is 16.3 Å². The van der Waals surface area contributed by atoms with Crippen LogP contribution in [0.1, 0.15) is 22.8 Å². The Bertz CT molecular complexity index is 867. The zero-order valence-electron chi connectivity index (χ0n) is 11.9. The van der Waals surface area contributed by atoms with Crippen molar-refractivity contribution in [3.63, 3.8) is 0 Å². The van der Waals surface area contributed by atoms with E-state index in [0.717, 1.165) is 16.5 Å². The smallest absolute Gasteiger partial charge is 0.273 e. The monoisotopic (exact) mass is 311 g/mol. The second-order valence-corrected chi connectivity index (χ2v) is 5.27. The lowest BCUT2D eigenvalue weighted by Crippen LogP contribution is -2.19. The molecule has 0 saturated heterocycles. The second kappa shape index (κ2) is 6.03. The van der Waals surface area contributed by atoms with Crippen LogP contribution in [-0.4, -0.2) is 16.6 Å². The van der Waals surface area contributed by atoms with Crippen molar-refractivity contribution >= 4 is 34.1 Å². The normalized spacial score (nSPS) is 11.6. The molecule has 110 valence electrons. The third kappa shape index (κ3) is 2.73. The van der Waals surface area contributed by atoms with Crippen molar-refractivity contribution in [3.05, 3.63) is 70.9 Å². The molecule has 0 unspecified atom stereocenters. The largest absolute Gasteiger partial charge is 0.360 e. The molecule has 0 saturated carbocycles. The van der Waals surface area contributed by atoms with E-state index in [1.165, 1.54) is 0 Å². The van der Waals surface area contributed by atoms with Gasteiger partial charge in [-0.1, -0.05) is 48.0 Å². The van der Waals surface area contributed by atoms with Gasteiger partial charge < -0.3 is 4.98 Å². The van der Waals surface area contributed by atoms with E-state index < -0.39 is 0 Å². The summed E-state index contributed by atoms with van der Waals surface area (Å²) in [4.78, 5) is 15.3. The number of halogens is 1. The van der Waals surface area contributed by atoms with E-state index >= 15 is 0 Å². The Balaban J connectivity index is 1.83. The van der Waals surface area contributed by atoms with Gasteiger partial charge in [-0.3, -0.25) is 4.79 Å². The van der Waals surface area contributed by atoms with Crippen LogP contribution in [0.25, 0.3) is 10.9 Å². The van der Waals surface area contributed by atoms with Crippen molar-refractivity contribution in [2.45, 2.75) is 6.92 Å². The summed E-state index contributed by atoms with van der Waals surface area (Å²) in [6.07, 6.45) is 1.68. The van der Waals surface area contributed by atoms with Gasteiger partial charge in [-0.05, 0) is 19.1 Å². The SMILES string of the molecule is C/C(=N/NC(=O)c1c[nH]c2ccccc12)c1ccccc1Cl. The Hall–Kier alpha value is -2.59. The number of rotatable bonds is 3. The van der Waals surface area contributed by atoms with Gasteiger partial charge in [0.2, 0.25) is 0 Å². The number of benzene rings is 2. The number of hydrazone groups is 1. The van der Waals surface area contributed by atoms with E-state index in [2.05, 4.69) is 15.5 Å². The van der Waals surface area contributed by atoms with Crippen LogP contribution in [0, 0.1) is 0 Å². The molecule has 4 nitrogen and oxygen atoms in total. The molecule has 0 radical (unpaired) electrons. The molecule has 0 spiro atoms. The van der Waals surface area contributed by atoms with E-state index in [4.69, 9.17) is 11.6 Å². The van der Waals surface area contributed by atoms with Crippen molar-refractivity contribution in [2.24, 2.45) is 5.10 Å². The van der Waals surface area contributed by atoms with Crippen LogP contribution in [0.2, 0.25) is 5.02 Å². The molecule has 0 fully saturated rings. The van der Waals surface area contributed by atoms with E-state index in [-0.39, 0.29) is 5.91 Å². The summed E-state index contributed by atoms with van der Waals surface area (Å²) in [6, 6.07) is 15.0. The fourth-order valence-corrected chi connectivity index (χ4v) is 2.54. The van der Waals surface area contributed by atoms with Crippen molar-refractivity contribution < 1.29 is 4.79 Å². The summed E-state index contributed by atoms with van der Waals surface area (Å²) in [5, 5.41) is 5.60. The first-order valence-electron chi connectivity index (χ1n) is 6.82. The van der Waals surface area contributed by atoms with Crippen molar-refractivity contribution in [3.8, 4) is 0 Å². The topological polar surface area (TPSA) is 57.2 Å². The zero-order chi connectivity index (χ0) is 15.5. The van der Waals surface area contributed by atoms with E-state index in [1.807, 2.05) is 42.5 Å². The lowest BCUT2D eigenvalue weighted by atomic mass is 10.1. The molecule has 0 bridgehead atoms. The molecule has 0 atom stereocenters. The van der Waals surface area contributed by atoms with Crippen molar-refractivity contribution in [1.29, 1.82) is 0 Å². The van der Waals surface area contributed by atoms with Crippen LogP contribution in [0.5, 0.6) is 0 Å². The predicted molar refractivity (Wildman–Crippen MR) is 89.4 cm³/mol. The molecular weight excluding hydrogens is 298 g/mol. The molecule has 2 aromatic carbocycles. The Labute approximate surface area is 132 Å². The summed E-state index contributed by atoms with van der Waals surface area (Å²) in [5.41, 5.74) is 5.50. The standard InChI is InChI=1S/C17H14ClN3O/c1-11(12-6-2-4-8-15(12)18)20-21-17(22)14-10-19-16-9-5-3-7-13(14)16/h2-10,19H,1H3,(H,21,22)/b20-11-. The van der Waals surface area contributed by atoms with Crippen LogP contribution in [0.4, 0.5) is 0 Å². The summed E-state index contributed by atoms with van der Waals surface area (Å²) in [7, 11) is 0. The number of fused-ring (bicyclic) bond motifs is 1. The number of hydrogen-bond donors (Lipinski definition) is 2. The summed E-state index contributed by atoms with van der Waals surface area (Å²) >= 11 is 6.11. The second-order valence-electron chi connectivity index (χ2n) is 4.87. The lowest BCUT2D eigenvalue weighted by molar-refractivity contribution is 0.0956. The highest BCUT2D eigenvalue weighted by atomic mass is 35.5. The van der Waals surface area contributed by atoms with Gasteiger partial charge in [0.1, 0.15) is 0 Å². The van der Waals surface area contributed by atoms with Crippen LogP contribution in [-0.2, 0) is 0 Å². The first-order valence-corrected chi connectivity index (χ1v) is 7.20. The molecule has 0 aliphatic heterocycles. The Morgan fingerprint density at radius 2 is 1.82 bits per heavy atom. The third-order valence-corrected chi connectivity index (χ3v) is 3.75. The quantitative estimate of drug-likeness (QED) is 0.558. The first-order chi connectivity index (χ1) is 10.7. The van der Waals surface area contributed by atoms with Crippen LogP contribution in [0.3, 0.4) is 0 Å². The van der Waals surface area contributed by atoms with Gasteiger partial charge in [-0.15, -0.1) is 0 Å². The van der Waals surface area contributed by atoms with Crippen LogP contribution in [0.15, 0.2) is 59.8 Å². The van der Waals surface area contributed by atoms with Crippen LogP contribution >= 0.6 is 11.6 Å². The van der Waals surface area contributed by atoms with Gasteiger partial charge in [0.05, 0.1) is 11.3 Å². The Morgan fingerprint density at radius 1 is 1.09 bits per heavy atom. The lowest BCUT2D eigenvalue weighted by Gasteiger charge is -2.04. The minimum absolute atomic E-state index is 0.260. The number of aromatic nitrogens is 1. The molecule has 1 aromatic heterocycles. The maximum Gasteiger partial charge on any atom is 0.273 e. The molecular formula is C17H14ClN3O. The highest BCUT2D eigenvalue weighted by Crippen LogP contribution is 2.18. The molecule has 1 heterocycles. The fourth-order valence-electron chi connectivity index (χ4n) is 2.27. The number of hydrogen-bond acceptors (Lipinski definition) is 2. The average Bonchev–Trinajstić information content (AvgIpc) is 2.97. The highest BCUT2D eigenvalue weighted by molar-refractivity contribution is 6.34. The van der Waals surface area contributed by atoms with Gasteiger partial charge in [-0.25, -0.2) is 5.43 Å². The van der Waals surface area contributed by atoms with Gasteiger partial charge >= 0.3 is 0 Å². The number of carbonyl (C=O) groups excluding carboxylic acids is 1. The molecule has 0 aliphatic carbocycles. The molecule has 3 rings (SSSR count). The van der Waals surface area contributed by atoms with E-state index in [1.54, 1.807) is 19.2 Å². The number of aromatic amines is 1. The number of para-hydroxylation sites is 1.